The SMILES string of the molecule is CC12CCCCC1(C)N(c1cc3c(c4c1oc1ccccc14)-c1ccccc1C31c3ccccc3-c3ccccc31)c1ccccc12. The standard InChI is InChI=1S/C45H35NO/c1-43-25-13-14-26-44(43,2)46(37-23-11-10-22-35(37)43)38-27-36-40(41-31-18-6-12-24-39(31)47-42(38)41)30-17-5-9-21-34(30)45(36)32-19-7-3-15-28(32)29-16-4-8-20-33(29)45/h3-12,15-24,27H,13-14,25-26H2,1-2H3. The van der Waals surface area contributed by atoms with E-state index in [2.05, 4.69) is 146 Å². The summed E-state index contributed by atoms with van der Waals surface area (Å²) in [6.07, 6.45) is 4.85. The molecule has 1 fully saturated rings. The van der Waals surface area contributed by atoms with Crippen LogP contribution in [0.2, 0.25) is 0 Å². The predicted octanol–water partition coefficient (Wildman–Crippen LogP) is 11.7. The number of nitrogens with zero attached hydrogens (tertiary/aromatic N) is 1. The van der Waals surface area contributed by atoms with Crippen molar-refractivity contribution in [3.63, 3.8) is 0 Å². The minimum atomic E-state index is -0.420. The van der Waals surface area contributed by atoms with Gasteiger partial charge in [-0.2, -0.15) is 0 Å². The maximum Gasteiger partial charge on any atom is 0.159 e. The van der Waals surface area contributed by atoms with Crippen molar-refractivity contribution < 1.29 is 4.42 Å². The fraction of sp³-hybridized carbons (Fsp3) is 0.200. The van der Waals surface area contributed by atoms with Gasteiger partial charge in [0.25, 0.3) is 0 Å². The van der Waals surface area contributed by atoms with Crippen LogP contribution >= 0.6 is 0 Å². The highest BCUT2D eigenvalue weighted by Crippen LogP contribution is 2.67. The van der Waals surface area contributed by atoms with E-state index in [4.69, 9.17) is 4.42 Å². The number of rotatable bonds is 1. The summed E-state index contributed by atoms with van der Waals surface area (Å²) in [4.78, 5) is 2.72. The molecule has 0 bridgehead atoms. The summed E-state index contributed by atoms with van der Waals surface area (Å²) in [5.41, 5.74) is 16.3. The Labute approximate surface area is 275 Å². The van der Waals surface area contributed by atoms with Crippen molar-refractivity contribution in [2.75, 3.05) is 4.90 Å². The molecule has 47 heavy (non-hydrogen) atoms. The lowest BCUT2D eigenvalue weighted by atomic mass is 9.61. The molecule has 2 unspecified atom stereocenters. The Morgan fingerprint density at radius 3 is 1.87 bits per heavy atom. The van der Waals surface area contributed by atoms with E-state index in [0.717, 1.165) is 17.6 Å². The first-order valence-corrected chi connectivity index (χ1v) is 17.3. The fourth-order valence-electron chi connectivity index (χ4n) is 10.7. The molecule has 1 saturated carbocycles. The van der Waals surface area contributed by atoms with Crippen molar-refractivity contribution in [3.05, 3.63) is 155 Å². The van der Waals surface area contributed by atoms with E-state index in [9.17, 15) is 0 Å². The van der Waals surface area contributed by atoms with Gasteiger partial charge in [-0.3, -0.25) is 0 Å². The summed E-state index contributed by atoms with van der Waals surface area (Å²) in [6.45, 7) is 5.05. The van der Waals surface area contributed by atoms with Crippen molar-refractivity contribution in [1.29, 1.82) is 0 Å². The van der Waals surface area contributed by atoms with E-state index in [1.807, 2.05) is 0 Å². The maximum absolute atomic E-state index is 7.06. The summed E-state index contributed by atoms with van der Waals surface area (Å²) in [5.74, 6) is 0. The van der Waals surface area contributed by atoms with Crippen LogP contribution in [-0.2, 0) is 10.8 Å². The minimum absolute atomic E-state index is 0.0480. The molecule has 0 amide bonds. The van der Waals surface area contributed by atoms with Gasteiger partial charge < -0.3 is 9.32 Å². The first-order chi connectivity index (χ1) is 23.1. The molecule has 4 aliphatic rings. The number of benzene rings is 6. The highest BCUT2D eigenvalue weighted by atomic mass is 16.3. The van der Waals surface area contributed by atoms with Crippen molar-refractivity contribution in [2.45, 2.75) is 55.9 Å². The normalized spacial score (nSPS) is 22.6. The Morgan fingerprint density at radius 2 is 1.13 bits per heavy atom. The van der Waals surface area contributed by atoms with Crippen LogP contribution in [0.15, 0.2) is 132 Å². The van der Waals surface area contributed by atoms with Crippen molar-refractivity contribution >= 4 is 33.3 Å². The molecule has 6 aromatic carbocycles. The number of anilines is 2. The molecule has 1 spiro atoms. The Kier molecular flexibility index (Phi) is 4.78. The summed E-state index contributed by atoms with van der Waals surface area (Å²) >= 11 is 0. The fourth-order valence-corrected chi connectivity index (χ4v) is 10.7. The van der Waals surface area contributed by atoms with Gasteiger partial charge in [-0.1, -0.05) is 129 Å². The summed E-state index contributed by atoms with van der Waals surface area (Å²) in [7, 11) is 0. The first-order valence-electron chi connectivity index (χ1n) is 17.3. The number of para-hydroxylation sites is 2. The Bertz CT molecular complexity index is 2440. The van der Waals surface area contributed by atoms with Crippen LogP contribution in [0.3, 0.4) is 0 Å². The molecule has 11 rings (SSSR count). The van der Waals surface area contributed by atoms with E-state index in [1.54, 1.807) is 0 Å². The van der Waals surface area contributed by atoms with Crippen LogP contribution in [0.4, 0.5) is 11.4 Å². The van der Waals surface area contributed by atoms with Gasteiger partial charge in [0.1, 0.15) is 5.58 Å². The largest absolute Gasteiger partial charge is 0.454 e. The second-order valence-electron chi connectivity index (χ2n) is 14.7. The molecule has 1 aliphatic heterocycles. The van der Waals surface area contributed by atoms with Crippen molar-refractivity contribution in [3.8, 4) is 22.3 Å². The third-order valence-electron chi connectivity index (χ3n) is 12.8. The van der Waals surface area contributed by atoms with Gasteiger partial charge in [-0.05, 0) is 88.0 Å². The van der Waals surface area contributed by atoms with Crippen LogP contribution in [0.1, 0.15) is 67.3 Å². The lowest BCUT2D eigenvalue weighted by molar-refractivity contribution is 0.195. The number of fused-ring (bicyclic) bond motifs is 17. The van der Waals surface area contributed by atoms with Crippen molar-refractivity contribution in [1.82, 2.24) is 0 Å². The molecule has 3 aliphatic carbocycles. The third kappa shape index (κ3) is 2.83. The van der Waals surface area contributed by atoms with Crippen LogP contribution in [0.5, 0.6) is 0 Å². The van der Waals surface area contributed by atoms with E-state index in [0.29, 0.717) is 0 Å². The average Bonchev–Trinajstić information content (AvgIpc) is 3.79. The van der Waals surface area contributed by atoms with E-state index < -0.39 is 5.41 Å². The maximum atomic E-state index is 7.06. The molecule has 2 heteroatoms. The molecular formula is C45H35NO. The third-order valence-corrected chi connectivity index (χ3v) is 12.8. The highest BCUT2D eigenvalue weighted by molar-refractivity contribution is 6.20. The molecule has 2 atom stereocenters. The smallest absolute Gasteiger partial charge is 0.159 e. The van der Waals surface area contributed by atoms with Crippen LogP contribution in [-0.4, -0.2) is 5.54 Å². The number of furan rings is 1. The monoisotopic (exact) mass is 605 g/mol. The van der Waals surface area contributed by atoms with Gasteiger partial charge in [0, 0.05) is 21.9 Å². The summed E-state index contributed by atoms with van der Waals surface area (Å²) in [6, 6.07) is 47.9. The zero-order valence-electron chi connectivity index (χ0n) is 26.8. The van der Waals surface area contributed by atoms with Gasteiger partial charge in [0.15, 0.2) is 5.58 Å². The van der Waals surface area contributed by atoms with E-state index in [-0.39, 0.29) is 11.0 Å². The van der Waals surface area contributed by atoms with Gasteiger partial charge in [-0.15, -0.1) is 0 Å². The Morgan fingerprint density at radius 1 is 0.553 bits per heavy atom. The second-order valence-corrected chi connectivity index (χ2v) is 14.7. The molecule has 2 nitrogen and oxygen atoms in total. The molecule has 1 aromatic heterocycles. The molecule has 0 radical (unpaired) electrons. The molecule has 226 valence electrons. The average molecular weight is 606 g/mol. The predicted molar refractivity (Wildman–Crippen MR) is 193 cm³/mol. The van der Waals surface area contributed by atoms with Crippen LogP contribution in [0.25, 0.3) is 44.2 Å². The topological polar surface area (TPSA) is 16.4 Å². The molecule has 7 aromatic rings. The molecule has 0 saturated heterocycles. The van der Waals surface area contributed by atoms with E-state index >= 15 is 0 Å². The van der Waals surface area contributed by atoms with Crippen LogP contribution in [0, 0.1) is 0 Å². The lowest BCUT2D eigenvalue weighted by Gasteiger charge is -2.50. The molecular weight excluding hydrogens is 571 g/mol. The van der Waals surface area contributed by atoms with E-state index in [1.165, 1.54) is 91.5 Å². The van der Waals surface area contributed by atoms with Gasteiger partial charge in [0.2, 0.25) is 0 Å². The molecule has 2 heterocycles. The number of hydrogen-bond acceptors (Lipinski definition) is 2. The van der Waals surface area contributed by atoms with Gasteiger partial charge >= 0.3 is 0 Å². The van der Waals surface area contributed by atoms with Gasteiger partial charge in [0.05, 0.1) is 16.6 Å². The summed E-state index contributed by atoms with van der Waals surface area (Å²) in [5, 5.41) is 2.43. The molecule has 0 N–H and O–H groups in total. The lowest BCUT2D eigenvalue weighted by Crippen LogP contribution is -2.54. The zero-order chi connectivity index (χ0) is 31.1. The second kappa shape index (κ2) is 8.63. The van der Waals surface area contributed by atoms with Crippen LogP contribution < -0.4 is 4.90 Å². The Balaban J connectivity index is 1.35. The van der Waals surface area contributed by atoms with Crippen molar-refractivity contribution in [2.24, 2.45) is 0 Å². The first kappa shape index (κ1) is 26.0. The number of hydrogen-bond donors (Lipinski definition) is 0. The summed E-state index contributed by atoms with van der Waals surface area (Å²) < 4.78 is 7.06. The quantitative estimate of drug-likeness (QED) is 0.185. The minimum Gasteiger partial charge on any atom is -0.454 e. The zero-order valence-corrected chi connectivity index (χ0v) is 26.8. The van der Waals surface area contributed by atoms with Gasteiger partial charge in [-0.25, -0.2) is 0 Å². The Hall–Kier alpha value is -5.08. The highest BCUT2D eigenvalue weighted by Gasteiger charge is 2.59.